The van der Waals surface area contributed by atoms with Gasteiger partial charge in [-0.2, -0.15) is 4.99 Å². The van der Waals surface area contributed by atoms with Crippen molar-refractivity contribution in [2.45, 2.75) is 34.1 Å². The summed E-state index contributed by atoms with van der Waals surface area (Å²) in [6, 6.07) is 4.18. The van der Waals surface area contributed by atoms with E-state index in [-0.39, 0.29) is 17.3 Å². The Kier molecular flexibility index (Phi) is 4.61. The Balaban J connectivity index is 1.80. The predicted molar refractivity (Wildman–Crippen MR) is 101 cm³/mol. The number of carbonyl (C=O) groups is 1. The minimum Gasteiger partial charge on any atom is -0.360 e. The molecule has 6 nitrogen and oxygen atoms in total. The molecule has 0 aliphatic carbocycles. The number of hydrogen-bond acceptors (Lipinski definition) is 4. The van der Waals surface area contributed by atoms with E-state index in [1.807, 2.05) is 18.7 Å². The average Bonchev–Trinajstić information content (AvgIpc) is 2.94. The third-order valence-corrected chi connectivity index (χ3v) is 4.70. The molecule has 2 heterocycles. The largest absolute Gasteiger partial charge is 0.360 e. The molecule has 1 atom stereocenters. The monoisotopic (exact) mass is 339 g/mol. The molecule has 1 saturated heterocycles. The Labute approximate surface area is 148 Å². The number of anilines is 1. The summed E-state index contributed by atoms with van der Waals surface area (Å²) in [7, 11) is 0. The van der Waals surface area contributed by atoms with E-state index >= 15 is 0 Å². The summed E-state index contributed by atoms with van der Waals surface area (Å²) in [6.07, 6.45) is 2.66. The van der Waals surface area contributed by atoms with E-state index in [1.165, 1.54) is 5.56 Å². The molecule has 2 aliphatic heterocycles. The molecule has 1 unspecified atom stereocenters. The van der Waals surface area contributed by atoms with Gasteiger partial charge in [-0.3, -0.25) is 15.5 Å². The van der Waals surface area contributed by atoms with E-state index in [0.29, 0.717) is 11.9 Å². The number of amides is 1. The molecule has 1 aromatic carbocycles. The van der Waals surface area contributed by atoms with Gasteiger partial charge in [-0.25, -0.2) is 0 Å². The third-order valence-electron chi connectivity index (χ3n) is 4.70. The average molecular weight is 339 g/mol. The van der Waals surface area contributed by atoms with Crippen LogP contribution in [0.5, 0.6) is 0 Å². The van der Waals surface area contributed by atoms with Gasteiger partial charge in [0.15, 0.2) is 5.84 Å². The van der Waals surface area contributed by atoms with Crippen LogP contribution in [0.3, 0.4) is 0 Å². The number of nitrogens with zero attached hydrogens (tertiary/aromatic N) is 2. The molecule has 1 fully saturated rings. The van der Waals surface area contributed by atoms with Crippen LogP contribution >= 0.6 is 0 Å². The van der Waals surface area contributed by atoms with Crippen LogP contribution in [0.2, 0.25) is 0 Å². The number of amidine groups is 1. The number of rotatable bonds is 2. The molecule has 1 aromatic rings. The van der Waals surface area contributed by atoms with E-state index in [0.717, 1.165) is 36.3 Å². The normalized spacial score (nSPS) is 22.2. The van der Waals surface area contributed by atoms with Gasteiger partial charge >= 0.3 is 0 Å². The number of hydrogen-bond donors (Lipinski definition) is 3. The van der Waals surface area contributed by atoms with Crippen molar-refractivity contribution in [3.8, 4) is 0 Å². The summed E-state index contributed by atoms with van der Waals surface area (Å²) in [5.41, 5.74) is 4.61. The second-order valence-corrected chi connectivity index (χ2v) is 7.05. The predicted octanol–water partition coefficient (Wildman–Crippen LogP) is 2.71. The molecule has 2 aliphatic rings. The highest BCUT2D eigenvalue weighted by Crippen LogP contribution is 2.23. The molecule has 0 aromatic heterocycles. The highest BCUT2D eigenvalue weighted by molar-refractivity contribution is 6.28. The molecule has 6 heteroatoms. The van der Waals surface area contributed by atoms with Gasteiger partial charge < -0.3 is 10.2 Å². The fourth-order valence-electron chi connectivity index (χ4n) is 3.43. The Morgan fingerprint density at radius 3 is 2.56 bits per heavy atom. The Bertz CT molecular complexity index is 770. The number of likely N-dealkylation sites (tertiary alicyclic amines) is 1. The quantitative estimate of drug-likeness (QED) is 0.725. The summed E-state index contributed by atoms with van der Waals surface area (Å²) in [5, 5.41) is 14.2. The first-order chi connectivity index (χ1) is 11.8. The molecule has 3 N–H and O–H groups in total. The Hall–Kier alpha value is -2.63. The van der Waals surface area contributed by atoms with Gasteiger partial charge in [-0.05, 0) is 44.2 Å². The van der Waals surface area contributed by atoms with Crippen LogP contribution in [-0.2, 0) is 4.79 Å². The van der Waals surface area contributed by atoms with Crippen molar-refractivity contribution < 1.29 is 4.79 Å². The first-order valence-corrected chi connectivity index (χ1v) is 8.63. The summed E-state index contributed by atoms with van der Waals surface area (Å²) in [6.45, 7) is 10.0. The smallest absolute Gasteiger partial charge is 0.263 e. The SMILES string of the molecule is Cc1cc(C)c(N/C=C2\C(=N)N=C(N3CCC(C)C3)NC2=O)c(C)c1. The molecule has 0 radical (unpaired) electrons. The molecule has 0 spiro atoms. The van der Waals surface area contributed by atoms with Gasteiger partial charge in [0.25, 0.3) is 5.91 Å². The van der Waals surface area contributed by atoms with Crippen molar-refractivity contribution in [2.24, 2.45) is 10.9 Å². The van der Waals surface area contributed by atoms with Gasteiger partial charge in [0.1, 0.15) is 0 Å². The lowest BCUT2D eigenvalue weighted by Gasteiger charge is -2.24. The minimum absolute atomic E-state index is 0.00628. The van der Waals surface area contributed by atoms with Crippen LogP contribution in [0.25, 0.3) is 0 Å². The maximum atomic E-state index is 12.4. The van der Waals surface area contributed by atoms with E-state index in [2.05, 4.69) is 41.6 Å². The van der Waals surface area contributed by atoms with E-state index < -0.39 is 0 Å². The van der Waals surface area contributed by atoms with Crippen LogP contribution in [0.4, 0.5) is 5.69 Å². The number of benzene rings is 1. The number of aryl methyl sites for hydroxylation is 3. The van der Waals surface area contributed by atoms with Crippen molar-refractivity contribution in [1.29, 1.82) is 5.41 Å². The summed E-state index contributed by atoms with van der Waals surface area (Å²) in [5.74, 6) is 0.789. The van der Waals surface area contributed by atoms with Crippen LogP contribution in [0, 0.1) is 32.1 Å². The van der Waals surface area contributed by atoms with Crippen molar-refractivity contribution in [2.75, 3.05) is 18.4 Å². The number of guanidine groups is 1. The molecule has 0 bridgehead atoms. The number of nitrogens with one attached hydrogen (secondary N) is 3. The molecule has 132 valence electrons. The summed E-state index contributed by atoms with van der Waals surface area (Å²) >= 11 is 0. The zero-order chi connectivity index (χ0) is 18.1. The minimum atomic E-state index is -0.288. The summed E-state index contributed by atoms with van der Waals surface area (Å²) in [4.78, 5) is 18.8. The van der Waals surface area contributed by atoms with E-state index in [1.54, 1.807) is 6.20 Å². The molecular weight excluding hydrogens is 314 g/mol. The first kappa shape index (κ1) is 17.2. The number of carbonyl (C=O) groups excluding carboxylic acids is 1. The van der Waals surface area contributed by atoms with Gasteiger partial charge in [-0.1, -0.05) is 24.6 Å². The molecule has 3 rings (SSSR count). The van der Waals surface area contributed by atoms with Crippen LogP contribution in [0.1, 0.15) is 30.0 Å². The van der Waals surface area contributed by atoms with Crippen molar-refractivity contribution in [1.82, 2.24) is 10.2 Å². The van der Waals surface area contributed by atoms with Crippen LogP contribution in [0.15, 0.2) is 28.9 Å². The lowest BCUT2D eigenvalue weighted by molar-refractivity contribution is -0.115. The van der Waals surface area contributed by atoms with E-state index in [9.17, 15) is 4.79 Å². The highest BCUT2D eigenvalue weighted by Gasteiger charge is 2.29. The topological polar surface area (TPSA) is 80.6 Å². The number of aliphatic imine (C=N–C) groups is 1. The third kappa shape index (κ3) is 3.57. The van der Waals surface area contributed by atoms with Crippen LogP contribution < -0.4 is 10.6 Å². The fraction of sp³-hybridized carbons (Fsp3) is 0.421. The van der Waals surface area contributed by atoms with Crippen LogP contribution in [-0.4, -0.2) is 35.7 Å². The summed E-state index contributed by atoms with van der Waals surface area (Å²) < 4.78 is 0. The zero-order valence-corrected chi connectivity index (χ0v) is 15.2. The van der Waals surface area contributed by atoms with E-state index in [4.69, 9.17) is 5.41 Å². The lowest BCUT2D eigenvalue weighted by atomic mass is 10.1. The van der Waals surface area contributed by atoms with Gasteiger partial charge in [0, 0.05) is 25.0 Å². The van der Waals surface area contributed by atoms with Crippen molar-refractivity contribution in [3.63, 3.8) is 0 Å². The molecule has 0 saturated carbocycles. The van der Waals surface area contributed by atoms with Gasteiger partial charge in [0.05, 0.1) is 5.57 Å². The lowest BCUT2D eigenvalue weighted by Crippen LogP contribution is -2.48. The maximum Gasteiger partial charge on any atom is 0.263 e. The first-order valence-electron chi connectivity index (χ1n) is 8.63. The van der Waals surface area contributed by atoms with Gasteiger partial charge in [-0.15, -0.1) is 0 Å². The molecular formula is C19H25N5O. The Morgan fingerprint density at radius 2 is 2.00 bits per heavy atom. The second-order valence-electron chi connectivity index (χ2n) is 7.05. The standard InChI is InChI=1S/C19H25N5O/c1-11-5-6-24(10-11)19-22-17(20)15(18(25)23-19)9-21-16-13(3)7-12(2)8-14(16)4/h7-9,11,21H,5-6,10H2,1-4H3,(H2,20,22,23,25)/b15-9+. The Morgan fingerprint density at radius 1 is 1.32 bits per heavy atom. The molecule has 1 amide bonds. The second kappa shape index (κ2) is 6.70. The maximum absolute atomic E-state index is 12.4. The highest BCUT2D eigenvalue weighted by atomic mass is 16.2. The van der Waals surface area contributed by atoms with Crippen molar-refractivity contribution >= 4 is 23.4 Å². The van der Waals surface area contributed by atoms with Gasteiger partial charge in [0.2, 0.25) is 5.96 Å². The molecule has 25 heavy (non-hydrogen) atoms. The van der Waals surface area contributed by atoms with Crippen molar-refractivity contribution in [3.05, 3.63) is 40.6 Å². The zero-order valence-electron chi connectivity index (χ0n) is 15.2. The fourth-order valence-corrected chi connectivity index (χ4v) is 3.43.